The van der Waals surface area contributed by atoms with E-state index >= 15 is 0 Å². The first-order valence-corrected chi connectivity index (χ1v) is 13.5. The Kier molecular flexibility index (Phi) is 11.7. The quantitative estimate of drug-likeness (QED) is 0.221. The van der Waals surface area contributed by atoms with Crippen LogP contribution in [0, 0.1) is 3.57 Å². The Hall–Kier alpha value is -3.00. The summed E-state index contributed by atoms with van der Waals surface area (Å²) in [5.41, 5.74) is 1.55. The number of hydrogen-bond donors (Lipinski definition) is 3. The third-order valence-electron chi connectivity index (χ3n) is 6.29. The predicted molar refractivity (Wildman–Crippen MR) is 152 cm³/mol. The zero-order valence-corrected chi connectivity index (χ0v) is 24.0. The fraction of sp³-hybridized carbons (Fsp3) is 0.393. The highest BCUT2D eigenvalue weighted by atomic mass is 127. The number of benzene rings is 2. The summed E-state index contributed by atoms with van der Waals surface area (Å²) in [6, 6.07) is 11.7. The van der Waals surface area contributed by atoms with Crippen LogP contribution in [0.25, 0.3) is 0 Å². The summed E-state index contributed by atoms with van der Waals surface area (Å²) < 4.78 is 17.3. The summed E-state index contributed by atoms with van der Waals surface area (Å²) in [5.74, 6) is -0.102. The van der Waals surface area contributed by atoms with Gasteiger partial charge in [-0.05, 0) is 46.4 Å². The van der Waals surface area contributed by atoms with E-state index in [2.05, 4.69) is 5.32 Å². The number of methoxy groups -OCH3 is 2. The number of aldehydes is 1. The van der Waals surface area contributed by atoms with Gasteiger partial charge < -0.3 is 34.6 Å². The maximum absolute atomic E-state index is 13.4. The van der Waals surface area contributed by atoms with Crippen LogP contribution < -0.4 is 14.8 Å². The van der Waals surface area contributed by atoms with E-state index in [1.54, 1.807) is 11.0 Å². The Labute approximate surface area is 241 Å². The maximum Gasteiger partial charge on any atom is 0.247 e. The summed E-state index contributed by atoms with van der Waals surface area (Å²) in [4.78, 5) is 39.3. The average molecular weight is 652 g/mol. The minimum atomic E-state index is -1.21. The molecule has 3 N–H and O–H groups in total. The first kappa shape index (κ1) is 30.5. The zero-order valence-electron chi connectivity index (χ0n) is 21.8. The molecule has 0 aliphatic heterocycles. The standard InChI is InChI=1S/C28H33IN2O8/c1-37-11-8-25(34)31(16-18-6-4-3-5-7-18)22-14-20(28(36)30-9-10-32)15-23(26(22)35)39-27-21(29)12-19(17-33)13-24(27)38-2/h3-7,12-13,15,17,22-23,26,32,35H,8-11,14,16H2,1-2H3,(H,30,36)/t22-,23+,26+/m1/s1. The van der Waals surface area contributed by atoms with Crippen molar-refractivity contribution in [3.63, 3.8) is 0 Å². The summed E-state index contributed by atoms with van der Waals surface area (Å²) in [5, 5.41) is 23.4. The normalized spacial score (nSPS) is 18.6. The number of carbonyl (C=O) groups excluding carboxylic acids is 3. The molecule has 3 rings (SSSR count). The second-order valence-corrected chi connectivity index (χ2v) is 10.1. The van der Waals surface area contributed by atoms with Crippen LogP contribution in [0.4, 0.5) is 0 Å². The molecule has 10 nitrogen and oxygen atoms in total. The monoisotopic (exact) mass is 652 g/mol. The van der Waals surface area contributed by atoms with E-state index in [-0.39, 0.29) is 50.8 Å². The molecular formula is C28H33IN2O8. The molecule has 11 heteroatoms. The van der Waals surface area contributed by atoms with E-state index in [4.69, 9.17) is 14.2 Å². The minimum absolute atomic E-state index is 0.0499. The molecule has 2 amide bonds. The van der Waals surface area contributed by atoms with Crippen LogP contribution in [0.1, 0.15) is 28.8 Å². The molecule has 3 atom stereocenters. The summed E-state index contributed by atoms with van der Waals surface area (Å²) in [7, 11) is 2.94. The van der Waals surface area contributed by atoms with Crippen molar-refractivity contribution in [3.05, 3.63) is 68.8 Å². The highest BCUT2D eigenvalue weighted by Gasteiger charge is 2.41. The van der Waals surface area contributed by atoms with Crippen LogP contribution in [0.5, 0.6) is 11.5 Å². The van der Waals surface area contributed by atoms with Crippen LogP contribution in [-0.4, -0.2) is 85.4 Å². The molecule has 0 heterocycles. The van der Waals surface area contributed by atoms with Crippen molar-refractivity contribution in [2.24, 2.45) is 0 Å². The molecule has 0 bridgehead atoms. The first-order valence-electron chi connectivity index (χ1n) is 12.4. The van der Waals surface area contributed by atoms with Gasteiger partial charge in [-0.1, -0.05) is 30.3 Å². The molecule has 0 fully saturated rings. The van der Waals surface area contributed by atoms with Crippen LogP contribution in [0.3, 0.4) is 0 Å². The van der Waals surface area contributed by atoms with Gasteiger partial charge in [0.25, 0.3) is 0 Å². The lowest BCUT2D eigenvalue weighted by Gasteiger charge is -2.40. The van der Waals surface area contributed by atoms with Gasteiger partial charge in [0.05, 0.1) is 36.4 Å². The van der Waals surface area contributed by atoms with Crippen molar-refractivity contribution in [2.75, 3.05) is 34.0 Å². The zero-order chi connectivity index (χ0) is 28.4. The molecule has 0 saturated carbocycles. The smallest absolute Gasteiger partial charge is 0.247 e. The number of amides is 2. The van der Waals surface area contributed by atoms with Gasteiger partial charge in [0, 0.05) is 37.8 Å². The second-order valence-electron chi connectivity index (χ2n) is 8.92. The number of hydrogen-bond acceptors (Lipinski definition) is 8. The highest BCUT2D eigenvalue weighted by molar-refractivity contribution is 14.1. The van der Waals surface area contributed by atoms with Crippen LogP contribution in [0.15, 0.2) is 54.1 Å². The SMILES string of the molecule is COCCC(=O)N(Cc1ccccc1)[C@@H]1CC(C(=O)NCCO)=C[C@H](Oc2c(I)cc(C=O)cc2OC)[C@H]1O. The number of halogens is 1. The Morgan fingerprint density at radius 1 is 1.21 bits per heavy atom. The van der Waals surface area contributed by atoms with Gasteiger partial charge in [0.2, 0.25) is 11.8 Å². The molecular weight excluding hydrogens is 619 g/mol. The molecule has 39 heavy (non-hydrogen) atoms. The molecule has 2 aromatic rings. The highest BCUT2D eigenvalue weighted by Crippen LogP contribution is 2.37. The Balaban J connectivity index is 2.02. The Morgan fingerprint density at radius 2 is 1.95 bits per heavy atom. The van der Waals surface area contributed by atoms with Gasteiger partial charge >= 0.3 is 0 Å². The summed E-state index contributed by atoms with van der Waals surface area (Å²) >= 11 is 2.01. The van der Waals surface area contributed by atoms with Gasteiger partial charge in [-0.3, -0.25) is 14.4 Å². The van der Waals surface area contributed by atoms with E-state index in [1.807, 2.05) is 52.9 Å². The Bertz CT molecular complexity index is 1170. The topological polar surface area (TPSA) is 135 Å². The fourth-order valence-corrected chi connectivity index (χ4v) is 5.09. The lowest BCUT2D eigenvalue weighted by atomic mass is 9.87. The number of nitrogens with one attached hydrogen (secondary N) is 1. The van der Waals surface area contributed by atoms with Crippen molar-refractivity contribution < 1.29 is 38.8 Å². The second kappa shape index (κ2) is 15.0. The molecule has 0 unspecified atom stereocenters. The van der Waals surface area contributed by atoms with Crippen molar-refractivity contribution in [1.29, 1.82) is 0 Å². The molecule has 2 aromatic carbocycles. The molecule has 0 saturated heterocycles. The third kappa shape index (κ3) is 8.01. The van der Waals surface area contributed by atoms with E-state index in [0.29, 0.717) is 26.7 Å². The van der Waals surface area contributed by atoms with Crippen molar-refractivity contribution in [3.8, 4) is 11.5 Å². The van der Waals surface area contributed by atoms with E-state index in [1.165, 1.54) is 26.4 Å². The molecule has 210 valence electrons. The molecule has 1 aliphatic rings. The van der Waals surface area contributed by atoms with E-state index in [9.17, 15) is 24.6 Å². The minimum Gasteiger partial charge on any atom is -0.493 e. The Morgan fingerprint density at radius 3 is 2.59 bits per heavy atom. The van der Waals surface area contributed by atoms with Crippen molar-refractivity contribution in [1.82, 2.24) is 10.2 Å². The van der Waals surface area contributed by atoms with Gasteiger partial charge in [0.15, 0.2) is 11.5 Å². The number of ether oxygens (including phenoxy) is 3. The van der Waals surface area contributed by atoms with Gasteiger partial charge in [-0.25, -0.2) is 0 Å². The number of aliphatic hydroxyl groups excluding tert-OH is 2. The summed E-state index contributed by atoms with van der Waals surface area (Å²) in [6.07, 6.45) is 0.139. The van der Waals surface area contributed by atoms with E-state index < -0.39 is 24.2 Å². The third-order valence-corrected chi connectivity index (χ3v) is 7.09. The number of rotatable bonds is 13. The van der Waals surface area contributed by atoms with Crippen LogP contribution in [-0.2, 0) is 20.9 Å². The van der Waals surface area contributed by atoms with Crippen LogP contribution in [0.2, 0.25) is 0 Å². The van der Waals surface area contributed by atoms with Crippen molar-refractivity contribution in [2.45, 2.75) is 37.6 Å². The van der Waals surface area contributed by atoms with Gasteiger partial charge in [-0.15, -0.1) is 0 Å². The fourth-order valence-electron chi connectivity index (χ4n) is 4.34. The summed E-state index contributed by atoms with van der Waals surface area (Å²) in [6.45, 7) is 0.219. The number of aliphatic hydroxyl groups is 2. The lowest BCUT2D eigenvalue weighted by molar-refractivity contribution is -0.140. The maximum atomic E-state index is 13.4. The molecule has 0 aromatic heterocycles. The largest absolute Gasteiger partial charge is 0.493 e. The first-order chi connectivity index (χ1) is 18.8. The molecule has 1 aliphatic carbocycles. The predicted octanol–water partition coefficient (Wildman–Crippen LogP) is 2.09. The van der Waals surface area contributed by atoms with Gasteiger partial charge in [-0.2, -0.15) is 0 Å². The molecule has 0 radical (unpaired) electrons. The number of nitrogens with zero attached hydrogens (tertiary/aromatic N) is 1. The van der Waals surface area contributed by atoms with E-state index in [0.717, 1.165) is 5.56 Å². The molecule has 0 spiro atoms. The number of carbonyl (C=O) groups is 3. The van der Waals surface area contributed by atoms with Gasteiger partial charge in [0.1, 0.15) is 18.5 Å². The lowest BCUT2D eigenvalue weighted by Crippen LogP contribution is -2.55. The average Bonchev–Trinajstić information content (AvgIpc) is 2.95. The van der Waals surface area contributed by atoms with Crippen molar-refractivity contribution >= 4 is 40.7 Å². The van der Waals surface area contributed by atoms with Crippen LogP contribution >= 0.6 is 22.6 Å².